The van der Waals surface area contributed by atoms with Crippen LogP contribution in [0.4, 0.5) is 0 Å². The summed E-state index contributed by atoms with van der Waals surface area (Å²) in [5.74, 6) is 0.763. The van der Waals surface area contributed by atoms with Crippen LogP contribution in [0.25, 0.3) is 0 Å². The van der Waals surface area contributed by atoms with Crippen LogP contribution in [-0.2, 0) is 4.79 Å². The maximum absolute atomic E-state index is 11.1. The molecule has 0 radical (unpaired) electrons. The summed E-state index contributed by atoms with van der Waals surface area (Å²) in [7, 11) is 0. The largest absolute Gasteiger partial charge is 0.313 e. The standard InChI is InChI=1S/C8H17NOS/c1-6(2)4-5-7(10)8(9)11-3/h6,8H,4-5,9H2,1-3H3. The minimum absolute atomic E-state index is 0.172. The highest BCUT2D eigenvalue weighted by atomic mass is 32.2. The molecular formula is C8H17NOS. The van der Waals surface area contributed by atoms with Gasteiger partial charge in [0, 0.05) is 6.42 Å². The molecule has 0 saturated heterocycles. The van der Waals surface area contributed by atoms with E-state index in [1.807, 2.05) is 6.26 Å². The molecule has 0 saturated carbocycles. The number of hydrogen-bond donors (Lipinski definition) is 1. The van der Waals surface area contributed by atoms with Crippen LogP contribution < -0.4 is 5.73 Å². The third kappa shape index (κ3) is 5.27. The lowest BCUT2D eigenvalue weighted by molar-refractivity contribution is -0.118. The number of carbonyl (C=O) groups is 1. The van der Waals surface area contributed by atoms with Crippen molar-refractivity contribution in [1.29, 1.82) is 0 Å². The first-order chi connectivity index (χ1) is 5.07. The van der Waals surface area contributed by atoms with Gasteiger partial charge in [-0.2, -0.15) is 0 Å². The quantitative estimate of drug-likeness (QED) is 0.646. The molecule has 2 N–H and O–H groups in total. The highest BCUT2D eigenvalue weighted by Gasteiger charge is 2.11. The van der Waals surface area contributed by atoms with Gasteiger partial charge in [-0.25, -0.2) is 0 Å². The van der Waals surface area contributed by atoms with Crippen LogP contribution in [0.3, 0.4) is 0 Å². The third-order valence-corrected chi connectivity index (χ3v) is 2.31. The minimum atomic E-state index is -0.311. The Hall–Kier alpha value is -0.0200. The molecule has 0 heterocycles. The molecule has 0 fully saturated rings. The van der Waals surface area contributed by atoms with Crippen molar-refractivity contribution in [3.8, 4) is 0 Å². The molecule has 0 aromatic carbocycles. The van der Waals surface area contributed by atoms with Crippen molar-refractivity contribution in [3.05, 3.63) is 0 Å². The van der Waals surface area contributed by atoms with Gasteiger partial charge in [-0.05, 0) is 18.6 Å². The third-order valence-electron chi connectivity index (χ3n) is 1.54. The van der Waals surface area contributed by atoms with Gasteiger partial charge in [0.15, 0.2) is 5.78 Å². The Morgan fingerprint density at radius 2 is 2.09 bits per heavy atom. The number of nitrogens with two attached hydrogens (primary N) is 1. The monoisotopic (exact) mass is 175 g/mol. The van der Waals surface area contributed by atoms with Gasteiger partial charge in [-0.15, -0.1) is 11.8 Å². The van der Waals surface area contributed by atoms with Crippen molar-refractivity contribution >= 4 is 17.5 Å². The van der Waals surface area contributed by atoms with Crippen LogP contribution >= 0.6 is 11.8 Å². The second-order valence-electron chi connectivity index (χ2n) is 3.06. The van der Waals surface area contributed by atoms with Crippen molar-refractivity contribution in [2.75, 3.05) is 6.26 Å². The van der Waals surface area contributed by atoms with E-state index >= 15 is 0 Å². The molecule has 3 heteroatoms. The number of hydrogen-bond acceptors (Lipinski definition) is 3. The van der Waals surface area contributed by atoms with E-state index in [4.69, 9.17) is 5.73 Å². The first kappa shape index (κ1) is 11.0. The second kappa shape index (κ2) is 5.61. The van der Waals surface area contributed by atoms with Gasteiger partial charge in [0.25, 0.3) is 0 Å². The summed E-state index contributed by atoms with van der Waals surface area (Å²) < 4.78 is 0. The molecule has 0 aromatic heterocycles. The van der Waals surface area contributed by atoms with E-state index in [1.165, 1.54) is 11.8 Å². The zero-order valence-corrected chi connectivity index (χ0v) is 8.28. The smallest absolute Gasteiger partial charge is 0.159 e. The zero-order chi connectivity index (χ0) is 8.85. The van der Waals surface area contributed by atoms with E-state index in [-0.39, 0.29) is 11.2 Å². The average Bonchev–Trinajstić information content (AvgIpc) is 1.98. The fourth-order valence-electron chi connectivity index (χ4n) is 0.705. The fraction of sp³-hybridized carbons (Fsp3) is 0.875. The first-order valence-corrected chi connectivity index (χ1v) is 5.17. The van der Waals surface area contributed by atoms with E-state index in [9.17, 15) is 4.79 Å². The molecule has 2 nitrogen and oxygen atoms in total. The predicted octanol–water partition coefficient (Wildman–Crippen LogP) is 1.64. The Morgan fingerprint density at radius 1 is 1.55 bits per heavy atom. The summed E-state index contributed by atoms with van der Waals surface area (Å²) in [6.07, 6.45) is 3.44. The summed E-state index contributed by atoms with van der Waals surface area (Å²) in [6.45, 7) is 4.22. The first-order valence-electron chi connectivity index (χ1n) is 3.89. The van der Waals surface area contributed by atoms with E-state index in [2.05, 4.69) is 13.8 Å². The molecule has 0 aromatic rings. The van der Waals surface area contributed by atoms with Crippen LogP contribution in [-0.4, -0.2) is 17.4 Å². The number of ketones is 1. The van der Waals surface area contributed by atoms with Gasteiger partial charge < -0.3 is 5.73 Å². The Balaban J connectivity index is 3.52. The minimum Gasteiger partial charge on any atom is -0.313 e. The molecule has 0 aliphatic carbocycles. The van der Waals surface area contributed by atoms with Gasteiger partial charge in [0.1, 0.15) is 5.37 Å². The normalized spacial score (nSPS) is 13.5. The van der Waals surface area contributed by atoms with Crippen molar-refractivity contribution < 1.29 is 4.79 Å². The average molecular weight is 175 g/mol. The SMILES string of the molecule is CSC(N)C(=O)CCC(C)C. The number of thioether (sulfide) groups is 1. The molecule has 0 amide bonds. The van der Waals surface area contributed by atoms with E-state index in [0.717, 1.165) is 6.42 Å². The fourth-order valence-corrected chi connectivity index (χ4v) is 1.09. The summed E-state index contributed by atoms with van der Waals surface area (Å²) >= 11 is 1.41. The number of rotatable bonds is 5. The maximum Gasteiger partial charge on any atom is 0.159 e. The highest BCUT2D eigenvalue weighted by molar-refractivity contribution is 7.99. The maximum atomic E-state index is 11.1. The van der Waals surface area contributed by atoms with Crippen molar-refractivity contribution in [1.82, 2.24) is 0 Å². The molecule has 66 valence electrons. The lowest BCUT2D eigenvalue weighted by atomic mass is 10.1. The molecule has 11 heavy (non-hydrogen) atoms. The van der Waals surface area contributed by atoms with Crippen LogP contribution in [0.5, 0.6) is 0 Å². The van der Waals surface area contributed by atoms with Gasteiger partial charge >= 0.3 is 0 Å². The molecule has 0 bridgehead atoms. The van der Waals surface area contributed by atoms with E-state index in [0.29, 0.717) is 12.3 Å². The molecule has 0 aliphatic rings. The topological polar surface area (TPSA) is 43.1 Å². The molecule has 1 atom stereocenters. The lowest BCUT2D eigenvalue weighted by Crippen LogP contribution is -2.26. The van der Waals surface area contributed by atoms with Gasteiger partial charge in [0.05, 0.1) is 0 Å². The highest BCUT2D eigenvalue weighted by Crippen LogP contribution is 2.09. The van der Waals surface area contributed by atoms with Crippen LogP contribution in [0.1, 0.15) is 26.7 Å². The van der Waals surface area contributed by atoms with Crippen molar-refractivity contribution in [2.45, 2.75) is 32.1 Å². The van der Waals surface area contributed by atoms with Crippen LogP contribution in [0, 0.1) is 5.92 Å². The molecule has 0 aliphatic heterocycles. The molecule has 0 rings (SSSR count). The van der Waals surface area contributed by atoms with Crippen molar-refractivity contribution in [2.24, 2.45) is 11.7 Å². The Labute approximate surface area is 72.9 Å². The summed E-state index contributed by atoms with van der Waals surface area (Å²) in [5, 5.41) is -0.311. The van der Waals surface area contributed by atoms with E-state index < -0.39 is 0 Å². The van der Waals surface area contributed by atoms with Gasteiger partial charge in [-0.3, -0.25) is 4.79 Å². The second-order valence-corrected chi connectivity index (χ2v) is 4.03. The van der Waals surface area contributed by atoms with E-state index in [1.54, 1.807) is 0 Å². The van der Waals surface area contributed by atoms with Crippen molar-refractivity contribution in [3.63, 3.8) is 0 Å². The molecular weight excluding hydrogens is 158 g/mol. The Bertz CT molecular complexity index is 125. The zero-order valence-electron chi connectivity index (χ0n) is 7.46. The lowest BCUT2D eigenvalue weighted by Gasteiger charge is -2.07. The van der Waals surface area contributed by atoms with Crippen LogP contribution in [0.2, 0.25) is 0 Å². The summed E-state index contributed by atoms with van der Waals surface area (Å²) in [6, 6.07) is 0. The van der Waals surface area contributed by atoms with Gasteiger partial charge in [-0.1, -0.05) is 13.8 Å². The van der Waals surface area contributed by atoms with Crippen LogP contribution in [0.15, 0.2) is 0 Å². The Morgan fingerprint density at radius 3 is 2.45 bits per heavy atom. The summed E-state index contributed by atoms with van der Waals surface area (Å²) in [5.41, 5.74) is 5.52. The van der Waals surface area contributed by atoms with Gasteiger partial charge in [0.2, 0.25) is 0 Å². The predicted molar refractivity (Wildman–Crippen MR) is 50.6 cm³/mol. The molecule has 1 unspecified atom stereocenters. The molecule has 0 spiro atoms. The number of carbonyl (C=O) groups excluding carboxylic acids is 1. The Kier molecular flexibility index (Phi) is 5.60. The number of Topliss-reactive ketones (excluding diaryl/α,β-unsaturated/α-hetero) is 1. The summed E-state index contributed by atoms with van der Waals surface area (Å²) in [4.78, 5) is 11.1.